The van der Waals surface area contributed by atoms with E-state index in [1.165, 1.54) is 95.6 Å². The van der Waals surface area contributed by atoms with E-state index >= 15 is 0 Å². The fraction of sp³-hybridized carbons (Fsp3) is 0.714. The normalized spacial score (nSPS) is 10.9. The van der Waals surface area contributed by atoms with E-state index < -0.39 is 6.03 Å². The summed E-state index contributed by atoms with van der Waals surface area (Å²) in [5, 5.41) is 9.27. The summed E-state index contributed by atoms with van der Waals surface area (Å²) in [6.07, 6.45) is 20.6. The number of hydrogen-bond acceptors (Lipinski definition) is 4. The fourth-order valence-corrected chi connectivity index (χ4v) is 4.11. The lowest BCUT2D eigenvalue weighted by Gasteiger charge is -2.18. The topological polar surface area (TPSA) is 92.9 Å². The molecule has 0 aliphatic rings. The number of ether oxygens (including phenoxy) is 1. The predicted molar refractivity (Wildman–Crippen MR) is 139 cm³/mol. The van der Waals surface area contributed by atoms with Gasteiger partial charge < -0.3 is 15.6 Å². The molecule has 6 nitrogen and oxygen atoms in total. The molecule has 0 atom stereocenters. The average Bonchev–Trinajstić information content (AvgIpc) is 2.82. The maximum atomic E-state index is 12.3. The van der Waals surface area contributed by atoms with E-state index in [-0.39, 0.29) is 24.7 Å². The summed E-state index contributed by atoms with van der Waals surface area (Å²) in [4.78, 5) is 25.1. The van der Waals surface area contributed by atoms with Crippen LogP contribution in [0.4, 0.5) is 4.79 Å². The van der Waals surface area contributed by atoms with Crippen LogP contribution in [0.25, 0.3) is 0 Å². The molecule has 0 radical (unpaired) electrons. The summed E-state index contributed by atoms with van der Waals surface area (Å²) < 4.78 is 5.49. The highest BCUT2D eigenvalue weighted by Crippen LogP contribution is 2.16. The first-order valence-corrected chi connectivity index (χ1v) is 13.6. The summed E-state index contributed by atoms with van der Waals surface area (Å²) in [5.74, 6) is 0.406. The molecular formula is C28H48N2O4. The van der Waals surface area contributed by atoms with E-state index in [9.17, 15) is 14.7 Å². The highest BCUT2D eigenvalue weighted by molar-refractivity contribution is 5.93. The van der Waals surface area contributed by atoms with E-state index in [4.69, 9.17) is 10.5 Å². The highest BCUT2D eigenvalue weighted by Gasteiger charge is 2.18. The maximum absolute atomic E-state index is 12.3. The summed E-state index contributed by atoms with van der Waals surface area (Å²) in [5.41, 5.74) is 5.40. The Morgan fingerprint density at radius 3 is 1.65 bits per heavy atom. The highest BCUT2D eigenvalue weighted by atomic mass is 16.5. The third-order valence-electron chi connectivity index (χ3n) is 6.22. The molecule has 0 spiro atoms. The molecule has 0 bridgehead atoms. The van der Waals surface area contributed by atoms with Crippen molar-refractivity contribution in [2.45, 2.75) is 116 Å². The molecule has 1 aromatic rings. The first kappa shape index (κ1) is 29.8. The smallest absolute Gasteiger partial charge is 0.321 e. The lowest BCUT2D eigenvalue weighted by atomic mass is 10.0. The molecule has 0 unspecified atom stereocenters. The van der Waals surface area contributed by atoms with Crippen molar-refractivity contribution >= 4 is 11.9 Å². The van der Waals surface area contributed by atoms with Crippen molar-refractivity contribution in [1.29, 1.82) is 0 Å². The van der Waals surface area contributed by atoms with E-state index in [1.807, 2.05) is 0 Å². The van der Waals surface area contributed by atoms with Gasteiger partial charge in [0.1, 0.15) is 11.5 Å². The van der Waals surface area contributed by atoms with Crippen molar-refractivity contribution in [3.63, 3.8) is 0 Å². The predicted octanol–water partition coefficient (Wildman–Crippen LogP) is 7.33. The van der Waals surface area contributed by atoms with Crippen LogP contribution in [0.15, 0.2) is 24.3 Å². The van der Waals surface area contributed by atoms with Crippen molar-refractivity contribution in [3.8, 4) is 11.5 Å². The zero-order chi connectivity index (χ0) is 24.9. The number of nitrogens with two attached hydrogens (primary N) is 1. The minimum absolute atomic E-state index is 0.0860. The third kappa shape index (κ3) is 15.6. The van der Waals surface area contributed by atoms with E-state index in [1.54, 1.807) is 12.1 Å². The van der Waals surface area contributed by atoms with Crippen molar-refractivity contribution in [1.82, 2.24) is 4.90 Å². The van der Waals surface area contributed by atoms with Crippen molar-refractivity contribution in [3.05, 3.63) is 24.3 Å². The zero-order valence-electron chi connectivity index (χ0n) is 21.4. The number of unbranched alkanes of at least 4 members (excludes halogenated alkanes) is 15. The monoisotopic (exact) mass is 476 g/mol. The summed E-state index contributed by atoms with van der Waals surface area (Å²) >= 11 is 0. The van der Waals surface area contributed by atoms with Crippen LogP contribution in [0.1, 0.15) is 116 Å². The SMILES string of the molecule is CCCCCCCCCCCCCCCCCCN(C(N)=O)C(=O)CCOc1ccc(O)cc1. The van der Waals surface area contributed by atoms with Gasteiger partial charge in [-0.15, -0.1) is 0 Å². The van der Waals surface area contributed by atoms with Gasteiger partial charge in [0.15, 0.2) is 0 Å². The molecule has 3 amide bonds. The van der Waals surface area contributed by atoms with Gasteiger partial charge in [-0.3, -0.25) is 9.69 Å². The van der Waals surface area contributed by atoms with E-state index in [2.05, 4.69) is 6.92 Å². The van der Waals surface area contributed by atoms with Gasteiger partial charge in [-0.2, -0.15) is 0 Å². The quantitative estimate of drug-likeness (QED) is 0.182. The van der Waals surface area contributed by atoms with Crippen molar-refractivity contribution in [2.24, 2.45) is 5.73 Å². The van der Waals surface area contributed by atoms with Crippen LogP contribution in [0, 0.1) is 0 Å². The Morgan fingerprint density at radius 2 is 1.21 bits per heavy atom. The molecule has 0 saturated carbocycles. The number of rotatable bonds is 21. The van der Waals surface area contributed by atoms with Crippen LogP contribution in [0.5, 0.6) is 11.5 Å². The Hall–Kier alpha value is -2.24. The molecule has 0 saturated heterocycles. The molecule has 1 rings (SSSR count). The Kier molecular flexibility index (Phi) is 17.7. The van der Waals surface area contributed by atoms with Gasteiger partial charge in [-0.25, -0.2) is 4.79 Å². The first-order valence-electron chi connectivity index (χ1n) is 13.6. The Balaban J connectivity index is 1.98. The van der Waals surface area contributed by atoms with Crippen LogP contribution in [0.3, 0.4) is 0 Å². The van der Waals surface area contributed by atoms with Gasteiger partial charge in [0.25, 0.3) is 0 Å². The number of imide groups is 1. The number of benzene rings is 1. The molecule has 3 N–H and O–H groups in total. The number of primary amides is 1. The van der Waals surface area contributed by atoms with Gasteiger partial charge in [0.2, 0.25) is 5.91 Å². The molecular weight excluding hydrogens is 428 g/mol. The standard InChI is InChI=1S/C28H48N2O4/c1-2-3-4-5-6-7-8-9-10-11-12-13-14-15-16-17-23-30(28(29)33)27(32)22-24-34-26-20-18-25(31)19-21-26/h18-21,31H,2-17,22-24H2,1H3,(H2,29,33). The molecule has 0 aliphatic carbocycles. The van der Waals surface area contributed by atoms with Crippen LogP contribution in [0.2, 0.25) is 0 Å². The number of carbonyl (C=O) groups excluding carboxylic acids is 2. The minimum atomic E-state index is -0.699. The number of nitrogens with zero attached hydrogens (tertiary/aromatic N) is 1. The number of hydrogen-bond donors (Lipinski definition) is 2. The van der Waals surface area contributed by atoms with Crippen LogP contribution in [-0.4, -0.2) is 35.1 Å². The number of phenolic OH excluding ortho intramolecular Hbond substituents is 1. The average molecular weight is 477 g/mol. The van der Waals surface area contributed by atoms with Crippen LogP contribution < -0.4 is 10.5 Å². The van der Waals surface area contributed by atoms with Crippen molar-refractivity contribution in [2.75, 3.05) is 13.2 Å². The van der Waals surface area contributed by atoms with E-state index in [0.29, 0.717) is 12.3 Å². The Bertz CT molecular complexity index is 648. The van der Waals surface area contributed by atoms with Gasteiger partial charge in [0.05, 0.1) is 13.0 Å². The number of aromatic hydroxyl groups is 1. The number of carbonyl (C=O) groups is 2. The fourth-order valence-electron chi connectivity index (χ4n) is 4.11. The van der Waals surface area contributed by atoms with Gasteiger partial charge in [-0.05, 0) is 30.7 Å². The van der Waals surface area contributed by atoms with E-state index in [0.717, 1.165) is 24.2 Å². The maximum Gasteiger partial charge on any atom is 0.321 e. The molecule has 0 heterocycles. The van der Waals surface area contributed by atoms with Gasteiger partial charge in [0, 0.05) is 6.54 Å². The lowest BCUT2D eigenvalue weighted by molar-refractivity contribution is -0.128. The first-order chi connectivity index (χ1) is 16.5. The molecule has 0 aromatic heterocycles. The number of urea groups is 1. The van der Waals surface area contributed by atoms with Crippen LogP contribution in [-0.2, 0) is 4.79 Å². The second kappa shape index (κ2) is 20.2. The molecule has 1 aromatic carbocycles. The molecule has 0 aliphatic heterocycles. The second-order valence-corrected chi connectivity index (χ2v) is 9.28. The summed E-state index contributed by atoms with van der Waals surface area (Å²) in [6.45, 7) is 2.79. The van der Waals surface area contributed by atoms with Gasteiger partial charge in [-0.1, -0.05) is 103 Å². The van der Waals surface area contributed by atoms with Crippen LogP contribution >= 0.6 is 0 Å². The second-order valence-electron chi connectivity index (χ2n) is 9.28. The molecule has 6 heteroatoms. The largest absolute Gasteiger partial charge is 0.508 e. The Labute approximate surface area is 207 Å². The minimum Gasteiger partial charge on any atom is -0.508 e. The number of phenols is 1. The summed E-state index contributed by atoms with van der Waals surface area (Å²) in [7, 11) is 0. The lowest BCUT2D eigenvalue weighted by Crippen LogP contribution is -2.41. The van der Waals surface area contributed by atoms with Crippen molar-refractivity contribution < 1.29 is 19.4 Å². The molecule has 0 fully saturated rings. The van der Waals surface area contributed by atoms with Gasteiger partial charge >= 0.3 is 6.03 Å². The molecule has 34 heavy (non-hydrogen) atoms. The summed E-state index contributed by atoms with van der Waals surface area (Å²) in [6, 6.07) is 5.59. The number of amides is 3. The Morgan fingerprint density at radius 1 is 0.765 bits per heavy atom. The molecule has 194 valence electrons. The third-order valence-corrected chi connectivity index (χ3v) is 6.22. The zero-order valence-corrected chi connectivity index (χ0v) is 21.4.